The molecule has 0 bridgehead atoms. The van der Waals surface area contributed by atoms with Gasteiger partial charge in [-0.05, 0) is 48.4 Å². The molecule has 1 aromatic rings. The third-order valence-electron chi connectivity index (χ3n) is 3.95. The highest BCUT2D eigenvalue weighted by Gasteiger charge is 2.41. The highest BCUT2D eigenvalue weighted by atomic mass is 32.2. The average molecular weight is 309 g/mol. The fourth-order valence-electron chi connectivity index (χ4n) is 2.09. The van der Waals surface area contributed by atoms with Crippen LogP contribution in [0.25, 0.3) is 6.08 Å². The van der Waals surface area contributed by atoms with E-state index in [9.17, 15) is 13.2 Å². The Kier molecular flexibility index (Phi) is 4.49. The maximum atomic E-state index is 12.2. The lowest BCUT2D eigenvalue weighted by Crippen LogP contribution is -2.30. The zero-order valence-electron chi connectivity index (χ0n) is 11.9. The third kappa shape index (κ3) is 4.15. The summed E-state index contributed by atoms with van der Waals surface area (Å²) in [6.07, 6.45) is 5.56. The van der Waals surface area contributed by atoms with Crippen molar-refractivity contribution >= 4 is 22.1 Å². The van der Waals surface area contributed by atoms with Crippen molar-refractivity contribution in [3.05, 3.63) is 35.9 Å². The summed E-state index contributed by atoms with van der Waals surface area (Å²) in [6, 6.07) is 6.13. The van der Waals surface area contributed by atoms with Gasteiger partial charge in [-0.15, -0.1) is 0 Å². The lowest BCUT2D eigenvalue weighted by molar-refractivity contribution is -0.131. The number of benzene rings is 1. The SMILES string of the molecule is CCC1(CNS(=O)(=O)c2ccc(/C=C/C(=O)O)cc2)CC1. The van der Waals surface area contributed by atoms with Gasteiger partial charge in [0.25, 0.3) is 0 Å². The number of rotatable bonds is 7. The minimum atomic E-state index is -3.50. The first-order chi connectivity index (χ1) is 9.87. The van der Waals surface area contributed by atoms with Gasteiger partial charge in [-0.2, -0.15) is 0 Å². The van der Waals surface area contributed by atoms with Crippen LogP contribution in [0.3, 0.4) is 0 Å². The van der Waals surface area contributed by atoms with Crippen LogP contribution in [0.2, 0.25) is 0 Å². The van der Waals surface area contributed by atoms with Crippen LogP contribution in [-0.2, 0) is 14.8 Å². The van der Waals surface area contributed by atoms with Crippen molar-refractivity contribution in [1.29, 1.82) is 0 Å². The van der Waals surface area contributed by atoms with Crippen molar-refractivity contribution in [2.24, 2.45) is 5.41 Å². The molecule has 6 heteroatoms. The zero-order chi connectivity index (χ0) is 15.5. The van der Waals surface area contributed by atoms with Crippen LogP contribution in [0.15, 0.2) is 35.2 Å². The van der Waals surface area contributed by atoms with Gasteiger partial charge in [-0.3, -0.25) is 0 Å². The van der Waals surface area contributed by atoms with Crippen molar-refractivity contribution in [1.82, 2.24) is 4.72 Å². The van der Waals surface area contributed by atoms with Gasteiger partial charge in [0.1, 0.15) is 0 Å². The summed E-state index contributed by atoms with van der Waals surface area (Å²) in [5, 5.41) is 8.54. The van der Waals surface area contributed by atoms with Gasteiger partial charge >= 0.3 is 5.97 Å². The molecule has 2 rings (SSSR count). The number of hydrogen-bond acceptors (Lipinski definition) is 3. The molecule has 0 saturated heterocycles. The Morgan fingerprint density at radius 2 is 1.95 bits per heavy atom. The molecular weight excluding hydrogens is 290 g/mol. The predicted molar refractivity (Wildman–Crippen MR) is 80.3 cm³/mol. The predicted octanol–water partition coefficient (Wildman–Crippen LogP) is 2.25. The van der Waals surface area contributed by atoms with E-state index in [4.69, 9.17) is 5.11 Å². The molecule has 0 atom stereocenters. The second-order valence-corrected chi connectivity index (χ2v) is 7.19. The number of nitrogens with one attached hydrogen (secondary N) is 1. The van der Waals surface area contributed by atoms with Gasteiger partial charge in [0, 0.05) is 12.6 Å². The molecule has 1 aromatic carbocycles. The molecule has 0 radical (unpaired) electrons. The Morgan fingerprint density at radius 1 is 1.33 bits per heavy atom. The minimum absolute atomic E-state index is 0.150. The van der Waals surface area contributed by atoms with Gasteiger partial charge in [0.05, 0.1) is 4.90 Å². The van der Waals surface area contributed by atoms with Gasteiger partial charge in [0.15, 0.2) is 0 Å². The number of carboxylic acids is 1. The molecule has 2 N–H and O–H groups in total. The highest BCUT2D eigenvalue weighted by molar-refractivity contribution is 7.89. The Bertz CT molecular complexity index is 643. The van der Waals surface area contributed by atoms with E-state index in [0.29, 0.717) is 12.1 Å². The lowest BCUT2D eigenvalue weighted by Gasteiger charge is -2.13. The second kappa shape index (κ2) is 5.99. The maximum Gasteiger partial charge on any atom is 0.328 e. The van der Waals surface area contributed by atoms with E-state index >= 15 is 0 Å². The molecule has 114 valence electrons. The highest BCUT2D eigenvalue weighted by Crippen LogP contribution is 2.48. The molecule has 0 amide bonds. The molecule has 0 aromatic heterocycles. The first-order valence-corrected chi connectivity index (χ1v) is 8.36. The van der Waals surface area contributed by atoms with Crippen molar-refractivity contribution in [2.75, 3.05) is 6.54 Å². The summed E-state index contributed by atoms with van der Waals surface area (Å²) >= 11 is 0. The summed E-state index contributed by atoms with van der Waals surface area (Å²) in [5.74, 6) is -1.04. The van der Waals surface area contributed by atoms with Crippen molar-refractivity contribution in [3.8, 4) is 0 Å². The van der Waals surface area contributed by atoms with E-state index in [1.165, 1.54) is 18.2 Å². The maximum absolute atomic E-state index is 12.2. The summed E-state index contributed by atoms with van der Waals surface area (Å²) in [5.41, 5.74) is 0.792. The first kappa shape index (κ1) is 15.7. The topological polar surface area (TPSA) is 83.5 Å². The fourth-order valence-corrected chi connectivity index (χ4v) is 3.25. The number of aliphatic carboxylic acids is 1. The molecule has 1 saturated carbocycles. The van der Waals surface area contributed by atoms with E-state index < -0.39 is 16.0 Å². The van der Waals surface area contributed by atoms with E-state index in [1.807, 2.05) is 0 Å². The molecule has 1 aliphatic rings. The van der Waals surface area contributed by atoms with Crippen molar-refractivity contribution < 1.29 is 18.3 Å². The molecule has 1 fully saturated rings. The van der Waals surface area contributed by atoms with Crippen LogP contribution in [0.4, 0.5) is 0 Å². The van der Waals surface area contributed by atoms with Gasteiger partial charge in [-0.25, -0.2) is 17.9 Å². The average Bonchev–Trinajstić information content (AvgIpc) is 3.24. The first-order valence-electron chi connectivity index (χ1n) is 6.88. The fraction of sp³-hybridized carbons (Fsp3) is 0.400. The van der Waals surface area contributed by atoms with Crippen LogP contribution in [0.5, 0.6) is 0 Å². The molecule has 0 heterocycles. The van der Waals surface area contributed by atoms with Crippen LogP contribution in [0, 0.1) is 5.41 Å². The quantitative estimate of drug-likeness (QED) is 0.757. The number of sulfonamides is 1. The Balaban J connectivity index is 2.04. The monoisotopic (exact) mass is 309 g/mol. The number of hydrogen-bond donors (Lipinski definition) is 2. The zero-order valence-corrected chi connectivity index (χ0v) is 12.7. The smallest absolute Gasteiger partial charge is 0.328 e. The van der Waals surface area contributed by atoms with E-state index in [0.717, 1.165) is 25.3 Å². The van der Waals surface area contributed by atoms with Gasteiger partial charge in [0.2, 0.25) is 10.0 Å². The van der Waals surface area contributed by atoms with Gasteiger partial charge < -0.3 is 5.11 Å². The lowest BCUT2D eigenvalue weighted by atomic mass is 10.1. The standard InChI is InChI=1S/C15H19NO4S/c1-2-15(9-10-15)11-16-21(19,20)13-6-3-12(4-7-13)5-8-14(17)18/h3-8,16H,2,9-11H2,1H3,(H,17,18)/b8-5+. The number of carbonyl (C=O) groups is 1. The largest absolute Gasteiger partial charge is 0.478 e. The van der Waals surface area contributed by atoms with Crippen LogP contribution in [0.1, 0.15) is 31.7 Å². The van der Waals surface area contributed by atoms with E-state index in [-0.39, 0.29) is 10.3 Å². The molecule has 0 aliphatic heterocycles. The molecule has 21 heavy (non-hydrogen) atoms. The normalized spacial score (nSPS) is 17.0. The van der Waals surface area contributed by atoms with E-state index in [2.05, 4.69) is 11.6 Å². The van der Waals surface area contributed by atoms with Crippen molar-refractivity contribution in [3.63, 3.8) is 0 Å². The third-order valence-corrected chi connectivity index (χ3v) is 5.37. The Morgan fingerprint density at radius 3 is 2.43 bits per heavy atom. The molecule has 0 unspecified atom stereocenters. The second-order valence-electron chi connectivity index (χ2n) is 5.42. The summed E-state index contributed by atoms with van der Waals surface area (Å²) in [6.45, 7) is 2.55. The molecule has 1 aliphatic carbocycles. The molecular formula is C15H19NO4S. The summed E-state index contributed by atoms with van der Waals surface area (Å²) in [4.78, 5) is 10.6. The minimum Gasteiger partial charge on any atom is -0.478 e. The summed E-state index contributed by atoms with van der Waals surface area (Å²) < 4.78 is 27.0. The Labute approximate surface area is 124 Å². The molecule has 0 spiro atoms. The van der Waals surface area contributed by atoms with Crippen molar-refractivity contribution in [2.45, 2.75) is 31.1 Å². The molecule has 5 nitrogen and oxygen atoms in total. The van der Waals surface area contributed by atoms with Gasteiger partial charge in [-0.1, -0.05) is 19.1 Å². The number of carboxylic acid groups (broad SMARTS) is 1. The van der Waals surface area contributed by atoms with Crippen LogP contribution < -0.4 is 4.72 Å². The van der Waals surface area contributed by atoms with Crippen LogP contribution in [-0.4, -0.2) is 26.0 Å². The summed E-state index contributed by atoms with van der Waals surface area (Å²) in [7, 11) is -3.50. The van der Waals surface area contributed by atoms with E-state index in [1.54, 1.807) is 12.1 Å². The Hall–Kier alpha value is -1.66. The van der Waals surface area contributed by atoms with Crippen LogP contribution >= 0.6 is 0 Å².